The lowest BCUT2D eigenvalue weighted by molar-refractivity contribution is 0.355. The Morgan fingerprint density at radius 2 is 1.81 bits per heavy atom. The molecule has 0 aliphatic carbocycles. The molecule has 0 atom stereocenters. The molecule has 0 saturated heterocycles. The first-order chi connectivity index (χ1) is 10.1. The number of fused-ring (bicyclic) bond motifs is 1. The van der Waals surface area contributed by atoms with Crippen LogP contribution in [0, 0.1) is 6.92 Å². The molecule has 0 unspecified atom stereocenters. The second-order valence-corrected chi connectivity index (χ2v) is 5.51. The second kappa shape index (κ2) is 5.41. The summed E-state index contributed by atoms with van der Waals surface area (Å²) in [5.74, 6) is 2.25. The molecule has 0 aliphatic heterocycles. The number of hydrogen-bond acceptors (Lipinski definition) is 3. The zero-order valence-electron chi connectivity index (χ0n) is 12.1. The number of benzene rings is 1. The summed E-state index contributed by atoms with van der Waals surface area (Å²) in [5.41, 5.74) is 3.21. The fourth-order valence-electron chi connectivity index (χ4n) is 2.33. The molecule has 0 spiro atoms. The van der Waals surface area contributed by atoms with Gasteiger partial charge in [0.25, 0.3) is 0 Å². The van der Waals surface area contributed by atoms with E-state index < -0.39 is 0 Å². The Bertz CT molecular complexity index is 811. The van der Waals surface area contributed by atoms with Crippen molar-refractivity contribution >= 4 is 21.4 Å². The molecule has 0 N–H and O–H groups in total. The Labute approximate surface area is 131 Å². The van der Waals surface area contributed by atoms with Crippen LogP contribution in [0.3, 0.4) is 0 Å². The van der Waals surface area contributed by atoms with Gasteiger partial charge in [0.1, 0.15) is 10.4 Å². The van der Waals surface area contributed by atoms with Gasteiger partial charge in [0, 0.05) is 11.8 Å². The molecule has 0 radical (unpaired) electrons. The molecule has 5 heteroatoms. The van der Waals surface area contributed by atoms with Crippen molar-refractivity contribution in [3.05, 3.63) is 46.7 Å². The first-order valence-electron chi connectivity index (χ1n) is 6.50. The molecular weight excluding hydrogens is 332 g/mol. The van der Waals surface area contributed by atoms with Gasteiger partial charge >= 0.3 is 0 Å². The number of aromatic nitrogens is 2. The van der Waals surface area contributed by atoms with Crippen molar-refractivity contribution in [2.24, 2.45) is 0 Å². The van der Waals surface area contributed by atoms with Crippen LogP contribution < -0.4 is 9.47 Å². The van der Waals surface area contributed by atoms with Gasteiger partial charge in [-0.1, -0.05) is 0 Å². The number of halogens is 1. The molecule has 108 valence electrons. The number of rotatable bonds is 3. The van der Waals surface area contributed by atoms with E-state index in [4.69, 9.17) is 9.47 Å². The van der Waals surface area contributed by atoms with Crippen molar-refractivity contribution in [1.82, 2.24) is 9.38 Å². The molecule has 0 bridgehead atoms. The lowest BCUT2D eigenvalue weighted by atomic mass is 10.2. The summed E-state index contributed by atoms with van der Waals surface area (Å²) in [6.07, 6.45) is 2.02. The highest BCUT2D eigenvalue weighted by atomic mass is 79.9. The zero-order chi connectivity index (χ0) is 15.0. The molecule has 0 saturated carbocycles. The third kappa shape index (κ3) is 2.38. The van der Waals surface area contributed by atoms with E-state index in [0.29, 0.717) is 11.5 Å². The van der Waals surface area contributed by atoms with Crippen molar-refractivity contribution in [3.63, 3.8) is 0 Å². The van der Waals surface area contributed by atoms with Crippen LogP contribution in [0.5, 0.6) is 11.5 Å². The summed E-state index contributed by atoms with van der Waals surface area (Å²) in [6.45, 7) is 2.07. The van der Waals surface area contributed by atoms with E-state index in [1.807, 2.05) is 24.4 Å². The number of pyridine rings is 1. The van der Waals surface area contributed by atoms with E-state index in [2.05, 4.69) is 44.4 Å². The van der Waals surface area contributed by atoms with Gasteiger partial charge in [-0.05, 0) is 58.7 Å². The van der Waals surface area contributed by atoms with Crippen molar-refractivity contribution in [1.29, 1.82) is 0 Å². The smallest absolute Gasteiger partial charge is 0.161 e. The van der Waals surface area contributed by atoms with Gasteiger partial charge in [0.05, 0.1) is 19.7 Å². The number of nitrogens with zero attached hydrogens (tertiary/aromatic N) is 2. The van der Waals surface area contributed by atoms with Crippen molar-refractivity contribution in [2.45, 2.75) is 6.92 Å². The molecule has 21 heavy (non-hydrogen) atoms. The highest BCUT2D eigenvalue weighted by molar-refractivity contribution is 9.10. The predicted octanol–water partition coefficient (Wildman–Crippen LogP) is 4.09. The minimum atomic E-state index is 0.690. The lowest BCUT2D eigenvalue weighted by Crippen LogP contribution is -1.93. The van der Waals surface area contributed by atoms with Gasteiger partial charge in [-0.25, -0.2) is 4.98 Å². The average Bonchev–Trinajstić information content (AvgIpc) is 2.83. The Morgan fingerprint density at radius 1 is 1.05 bits per heavy atom. The maximum absolute atomic E-state index is 5.36. The quantitative estimate of drug-likeness (QED) is 0.716. The van der Waals surface area contributed by atoms with Crippen LogP contribution >= 0.6 is 15.9 Å². The van der Waals surface area contributed by atoms with E-state index in [0.717, 1.165) is 21.5 Å². The van der Waals surface area contributed by atoms with Gasteiger partial charge < -0.3 is 9.47 Å². The first-order valence-corrected chi connectivity index (χ1v) is 7.30. The third-order valence-corrected chi connectivity index (χ3v) is 3.98. The fraction of sp³-hybridized carbons (Fsp3) is 0.188. The SMILES string of the molecule is COc1ccc(-c2nc(Br)c3cc(C)ccn23)cc1OC. The Kier molecular flexibility index (Phi) is 3.59. The molecule has 0 aliphatic rings. The van der Waals surface area contributed by atoms with Crippen LogP contribution in [0.2, 0.25) is 0 Å². The van der Waals surface area contributed by atoms with E-state index in [9.17, 15) is 0 Å². The molecule has 4 nitrogen and oxygen atoms in total. The molecule has 2 heterocycles. The van der Waals surface area contributed by atoms with Crippen LogP contribution in [0.4, 0.5) is 0 Å². The van der Waals surface area contributed by atoms with Crippen molar-refractivity contribution in [3.8, 4) is 22.9 Å². The summed E-state index contributed by atoms with van der Waals surface area (Å²) < 4.78 is 13.5. The maximum Gasteiger partial charge on any atom is 0.161 e. The number of ether oxygens (including phenoxy) is 2. The molecule has 0 amide bonds. The predicted molar refractivity (Wildman–Crippen MR) is 86.2 cm³/mol. The highest BCUT2D eigenvalue weighted by Gasteiger charge is 2.13. The minimum absolute atomic E-state index is 0.690. The van der Waals surface area contributed by atoms with Gasteiger partial charge in [-0.3, -0.25) is 4.40 Å². The van der Waals surface area contributed by atoms with Gasteiger partial charge in [-0.15, -0.1) is 0 Å². The van der Waals surface area contributed by atoms with Crippen molar-refractivity contribution in [2.75, 3.05) is 14.2 Å². The summed E-state index contributed by atoms with van der Waals surface area (Å²) in [6, 6.07) is 9.95. The molecular formula is C16H15BrN2O2. The van der Waals surface area contributed by atoms with Gasteiger partial charge in [0.2, 0.25) is 0 Å². The normalized spacial score (nSPS) is 10.9. The number of methoxy groups -OCH3 is 2. The van der Waals surface area contributed by atoms with E-state index in [1.165, 1.54) is 5.56 Å². The van der Waals surface area contributed by atoms with E-state index >= 15 is 0 Å². The first kappa shape index (κ1) is 13.9. The van der Waals surface area contributed by atoms with Crippen LogP contribution in [0.1, 0.15) is 5.56 Å². The Balaban J connectivity index is 2.21. The molecule has 0 fully saturated rings. The lowest BCUT2D eigenvalue weighted by Gasteiger charge is -2.09. The van der Waals surface area contributed by atoms with Crippen molar-refractivity contribution < 1.29 is 9.47 Å². The molecule has 3 rings (SSSR count). The number of aryl methyl sites for hydroxylation is 1. The van der Waals surface area contributed by atoms with Gasteiger partial charge in [0.15, 0.2) is 11.5 Å². The summed E-state index contributed by atoms with van der Waals surface area (Å²) in [4.78, 5) is 4.62. The van der Waals surface area contributed by atoms with Crippen LogP contribution in [0.15, 0.2) is 41.1 Å². The standard InChI is InChI=1S/C16H15BrN2O2/c1-10-6-7-19-12(8-10)15(17)18-16(19)11-4-5-13(20-2)14(9-11)21-3/h4-9H,1-3H3. The molecule has 3 aromatic rings. The topological polar surface area (TPSA) is 35.8 Å². The number of imidazole rings is 1. The van der Waals surface area contributed by atoms with Gasteiger partial charge in [-0.2, -0.15) is 0 Å². The maximum atomic E-state index is 5.36. The van der Waals surface area contributed by atoms with Crippen LogP contribution in [-0.2, 0) is 0 Å². The van der Waals surface area contributed by atoms with Crippen LogP contribution in [-0.4, -0.2) is 23.6 Å². The monoisotopic (exact) mass is 346 g/mol. The summed E-state index contributed by atoms with van der Waals surface area (Å²) in [5, 5.41) is 0. The van der Waals surface area contributed by atoms with E-state index in [-0.39, 0.29) is 0 Å². The Hall–Kier alpha value is -2.01. The largest absolute Gasteiger partial charge is 0.493 e. The molecule has 2 aromatic heterocycles. The molecule has 1 aromatic carbocycles. The second-order valence-electron chi connectivity index (χ2n) is 4.76. The summed E-state index contributed by atoms with van der Waals surface area (Å²) in [7, 11) is 3.26. The Morgan fingerprint density at radius 3 is 2.52 bits per heavy atom. The zero-order valence-corrected chi connectivity index (χ0v) is 13.6. The third-order valence-electron chi connectivity index (χ3n) is 3.40. The van der Waals surface area contributed by atoms with Crippen LogP contribution in [0.25, 0.3) is 16.9 Å². The van der Waals surface area contributed by atoms with E-state index in [1.54, 1.807) is 14.2 Å². The number of hydrogen-bond donors (Lipinski definition) is 0. The highest BCUT2D eigenvalue weighted by Crippen LogP contribution is 2.33. The average molecular weight is 347 g/mol. The summed E-state index contributed by atoms with van der Waals surface area (Å²) >= 11 is 3.53. The fourth-order valence-corrected chi connectivity index (χ4v) is 2.81. The minimum Gasteiger partial charge on any atom is -0.493 e.